The Hall–Kier alpha value is -3.17. The predicted molar refractivity (Wildman–Crippen MR) is 116 cm³/mol. The Balaban J connectivity index is 1.30. The van der Waals surface area contributed by atoms with Crippen LogP contribution in [0.1, 0.15) is 24.0 Å². The number of amides is 1. The van der Waals surface area contributed by atoms with Crippen LogP contribution in [0.15, 0.2) is 84.7 Å². The molecule has 9 heteroatoms. The van der Waals surface area contributed by atoms with E-state index in [0.29, 0.717) is 23.7 Å². The number of carbonyl (C=O) groups excluding carboxylic acids is 1. The van der Waals surface area contributed by atoms with Crippen LogP contribution in [0.3, 0.4) is 0 Å². The van der Waals surface area contributed by atoms with Crippen LogP contribution in [0, 0.1) is 5.82 Å². The Kier molecular flexibility index (Phi) is 5.44. The van der Waals surface area contributed by atoms with E-state index >= 15 is 0 Å². The number of thioether (sulfide) groups is 1. The molecule has 0 saturated carbocycles. The van der Waals surface area contributed by atoms with Gasteiger partial charge in [-0.2, -0.15) is 5.10 Å². The van der Waals surface area contributed by atoms with Crippen LogP contribution in [-0.2, 0) is 4.79 Å². The smallest absolute Gasteiger partial charge is 0.253 e. The first kappa shape index (κ1) is 19.8. The van der Waals surface area contributed by atoms with Crippen molar-refractivity contribution in [3.8, 4) is 11.3 Å². The van der Waals surface area contributed by atoms with E-state index in [1.165, 1.54) is 40.2 Å². The summed E-state index contributed by atoms with van der Waals surface area (Å²) in [5.41, 5.74) is 2.30. The average molecular weight is 454 g/mol. The van der Waals surface area contributed by atoms with Crippen molar-refractivity contribution in [2.45, 2.75) is 16.8 Å². The molecular formula is C22H16FN3O3S2. The minimum absolute atomic E-state index is 0.147. The van der Waals surface area contributed by atoms with E-state index < -0.39 is 0 Å². The Morgan fingerprint density at radius 2 is 1.97 bits per heavy atom. The van der Waals surface area contributed by atoms with Crippen LogP contribution < -0.4 is 0 Å². The first-order valence-corrected chi connectivity index (χ1v) is 11.3. The molecule has 1 amide bonds. The zero-order chi connectivity index (χ0) is 21.2. The minimum Gasteiger partial charge on any atom is -0.467 e. The third-order valence-electron chi connectivity index (χ3n) is 4.79. The van der Waals surface area contributed by atoms with Crippen molar-refractivity contribution in [2.75, 3.05) is 5.75 Å². The minimum atomic E-state index is -0.311. The van der Waals surface area contributed by atoms with E-state index in [0.717, 1.165) is 15.6 Å². The highest BCUT2D eigenvalue weighted by Gasteiger charge is 2.35. The van der Waals surface area contributed by atoms with Crippen LogP contribution in [0.4, 0.5) is 4.39 Å². The van der Waals surface area contributed by atoms with Gasteiger partial charge in [-0.15, -0.1) is 11.3 Å². The van der Waals surface area contributed by atoms with Gasteiger partial charge in [-0.3, -0.25) is 4.79 Å². The number of hydrogen-bond donors (Lipinski definition) is 0. The molecule has 0 aliphatic carbocycles. The maximum atomic E-state index is 13.1. The van der Waals surface area contributed by atoms with Crippen molar-refractivity contribution in [3.05, 3.63) is 83.8 Å². The molecule has 1 atom stereocenters. The first-order valence-electron chi connectivity index (χ1n) is 9.48. The number of aromatic nitrogens is 1. The van der Waals surface area contributed by atoms with Crippen molar-refractivity contribution in [1.29, 1.82) is 0 Å². The number of benzene rings is 1. The molecule has 4 aromatic rings. The van der Waals surface area contributed by atoms with E-state index in [1.807, 2.05) is 17.5 Å². The lowest BCUT2D eigenvalue weighted by molar-refractivity contribution is -0.130. The predicted octanol–water partition coefficient (Wildman–Crippen LogP) is 5.61. The van der Waals surface area contributed by atoms with E-state index in [-0.39, 0.29) is 23.5 Å². The highest BCUT2D eigenvalue weighted by molar-refractivity contribution is 8.01. The van der Waals surface area contributed by atoms with Crippen LogP contribution >= 0.6 is 23.1 Å². The SMILES string of the molecule is O=C(CSc1nc(-c2ccc(F)cc2)cs1)N1N=C(c2ccco2)CC1c1ccco1. The summed E-state index contributed by atoms with van der Waals surface area (Å²) in [5, 5.41) is 7.89. The molecule has 4 heterocycles. The number of hydrazone groups is 1. The summed E-state index contributed by atoms with van der Waals surface area (Å²) in [6.07, 6.45) is 3.69. The molecule has 3 aromatic heterocycles. The van der Waals surface area contributed by atoms with Gasteiger partial charge in [0.1, 0.15) is 29.1 Å². The van der Waals surface area contributed by atoms with Crippen LogP contribution in [0.25, 0.3) is 11.3 Å². The molecule has 0 N–H and O–H groups in total. The molecule has 1 unspecified atom stereocenters. The van der Waals surface area contributed by atoms with E-state index in [2.05, 4.69) is 10.1 Å². The molecule has 0 saturated heterocycles. The molecular weight excluding hydrogens is 437 g/mol. The number of furan rings is 2. The lowest BCUT2D eigenvalue weighted by Crippen LogP contribution is -2.28. The first-order chi connectivity index (χ1) is 15.2. The molecule has 6 nitrogen and oxygen atoms in total. The summed E-state index contributed by atoms with van der Waals surface area (Å²) >= 11 is 2.80. The molecule has 1 aliphatic rings. The number of nitrogens with zero attached hydrogens (tertiary/aromatic N) is 3. The topological polar surface area (TPSA) is 71.8 Å². The van der Waals surface area contributed by atoms with Gasteiger partial charge in [0.25, 0.3) is 5.91 Å². The quantitative estimate of drug-likeness (QED) is 0.355. The average Bonchev–Trinajstić information content (AvgIpc) is 3.58. The molecule has 0 spiro atoms. The summed E-state index contributed by atoms with van der Waals surface area (Å²) in [5.74, 6) is 1.07. The zero-order valence-electron chi connectivity index (χ0n) is 16.1. The monoisotopic (exact) mass is 453 g/mol. The fourth-order valence-corrected chi connectivity index (χ4v) is 4.99. The molecule has 0 radical (unpaired) electrons. The van der Waals surface area contributed by atoms with Gasteiger partial charge in [0.05, 0.1) is 24.0 Å². The standard InChI is InChI=1S/C22H16FN3O3S2/c23-15-7-5-14(6-8-15)17-12-30-22(24-17)31-13-21(27)26-18(20-4-2-10-29-20)11-16(25-26)19-3-1-9-28-19/h1-10,12,18H,11,13H2. The molecule has 1 aromatic carbocycles. The van der Waals surface area contributed by atoms with Gasteiger partial charge in [0.2, 0.25) is 0 Å². The third kappa shape index (κ3) is 4.19. The number of thiazole rings is 1. The van der Waals surface area contributed by atoms with Gasteiger partial charge >= 0.3 is 0 Å². The second kappa shape index (κ2) is 8.52. The van der Waals surface area contributed by atoms with Crippen molar-refractivity contribution in [1.82, 2.24) is 9.99 Å². The van der Waals surface area contributed by atoms with Gasteiger partial charge in [-0.25, -0.2) is 14.4 Å². The molecule has 1 aliphatic heterocycles. The van der Waals surface area contributed by atoms with Gasteiger partial charge in [0.15, 0.2) is 4.34 Å². The van der Waals surface area contributed by atoms with Gasteiger partial charge < -0.3 is 8.83 Å². The van der Waals surface area contributed by atoms with Gasteiger partial charge in [-0.05, 0) is 48.5 Å². The Morgan fingerprint density at radius 3 is 2.71 bits per heavy atom. The maximum Gasteiger partial charge on any atom is 0.253 e. The molecule has 156 valence electrons. The molecule has 31 heavy (non-hydrogen) atoms. The summed E-state index contributed by atoms with van der Waals surface area (Å²) in [6.45, 7) is 0. The number of hydrogen-bond acceptors (Lipinski definition) is 7. The zero-order valence-corrected chi connectivity index (χ0v) is 17.7. The maximum absolute atomic E-state index is 13.1. The van der Waals surface area contributed by atoms with E-state index in [4.69, 9.17) is 8.83 Å². The highest BCUT2D eigenvalue weighted by atomic mass is 32.2. The summed E-state index contributed by atoms with van der Waals surface area (Å²) in [4.78, 5) is 17.6. The highest BCUT2D eigenvalue weighted by Crippen LogP contribution is 2.35. The number of halogens is 1. The van der Waals surface area contributed by atoms with E-state index in [9.17, 15) is 9.18 Å². The van der Waals surface area contributed by atoms with E-state index in [1.54, 1.807) is 36.8 Å². The molecule has 5 rings (SSSR count). The molecule has 0 fully saturated rings. The number of carbonyl (C=O) groups is 1. The number of rotatable bonds is 6. The van der Waals surface area contributed by atoms with Crippen LogP contribution in [0.5, 0.6) is 0 Å². The van der Waals surface area contributed by atoms with Crippen molar-refractivity contribution in [2.24, 2.45) is 5.10 Å². The summed E-state index contributed by atoms with van der Waals surface area (Å²) in [6, 6.07) is 13.1. The summed E-state index contributed by atoms with van der Waals surface area (Å²) in [7, 11) is 0. The van der Waals surface area contributed by atoms with Crippen molar-refractivity contribution >= 4 is 34.7 Å². The largest absolute Gasteiger partial charge is 0.467 e. The molecule has 0 bridgehead atoms. The fraction of sp³-hybridized carbons (Fsp3) is 0.136. The van der Waals surface area contributed by atoms with Crippen LogP contribution in [-0.4, -0.2) is 27.4 Å². The van der Waals surface area contributed by atoms with Crippen LogP contribution in [0.2, 0.25) is 0 Å². The van der Waals surface area contributed by atoms with Crippen molar-refractivity contribution < 1.29 is 18.0 Å². The lowest BCUT2D eigenvalue weighted by atomic mass is 10.1. The van der Waals surface area contributed by atoms with Gasteiger partial charge in [-0.1, -0.05) is 11.8 Å². The Morgan fingerprint density at radius 1 is 1.16 bits per heavy atom. The second-order valence-electron chi connectivity index (χ2n) is 6.79. The third-order valence-corrected chi connectivity index (χ3v) is 6.79. The normalized spacial score (nSPS) is 16.0. The lowest BCUT2D eigenvalue weighted by Gasteiger charge is -2.19. The van der Waals surface area contributed by atoms with Crippen molar-refractivity contribution in [3.63, 3.8) is 0 Å². The fourth-order valence-electron chi connectivity index (χ4n) is 3.30. The Bertz CT molecular complexity index is 1200. The second-order valence-corrected chi connectivity index (χ2v) is 8.87. The van der Waals surface area contributed by atoms with Gasteiger partial charge in [0, 0.05) is 17.4 Å². The summed E-state index contributed by atoms with van der Waals surface area (Å²) < 4.78 is 24.9. The Labute approximate surface area is 185 Å².